The van der Waals surface area contributed by atoms with Gasteiger partial charge in [-0.1, -0.05) is 62.6 Å². The Morgan fingerprint density at radius 2 is 1.96 bits per heavy atom. The molecule has 13 heteroatoms. The first-order valence-electron chi connectivity index (χ1n) is 16.8. The van der Waals surface area contributed by atoms with Crippen LogP contribution in [-0.4, -0.2) is 85.3 Å². The third-order valence-electron chi connectivity index (χ3n) is 9.87. The lowest BCUT2D eigenvalue weighted by Crippen LogP contribution is -2.63. The van der Waals surface area contributed by atoms with Gasteiger partial charge >= 0.3 is 12.1 Å². The van der Waals surface area contributed by atoms with Gasteiger partial charge in [0.25, 0.3) is 0 Å². The van der Waals surface area contributed by atoms with Crippen molar-refractivity contribution in [3.05, 3.63) is 46.5 Å². The van der Waals surface area contributed by atoms with Crippen molar-refractivity contribution in [2.75, 3.05) is 26.2 Å². The number of carbonyl (C=O) groups excluding carboxylic acids is 3. The average molecular weight is 723 g/mol. The maximum absolute atomic E-state index is 14.0. The number of carbonyl (C=O) groups is 3. The summed E-state index contributed by atoms with van der Waals surface area (Å²) < 4.78 is 29.3. The highest BCUT2D eigenvalue weighted by Gasteiger charge is 2.64. The molecule has 3 heterocycles. The van der Waals surface area contributed by atoms with Crippen LogP contribution in [0.4, 0.5) is 10.5 Å². The number of epoxide rings is 1. The fourth-order valence-corrected chi connectivity index (χ4v) is 7.19. The fourth-order valence-electron chi connectivity index (χ4n) is 6.70. The van der Waals surface area contributed by atoms with Gasteiger partial charge in [-0.3, -0.25) is 14.9 Å². The molecule has 4 rings (SSSR count). The number of hydrogen-bond acceptors (Lipinski definition) is 10. The second kappa shape index (κ2) is 16.1. The number of allylic oxidation sites excluding steroid dienone is 3. The van der Waals surface area contributed by atoms with E-state index in [9.17, 15) is 19.5 Å². The lowest BCUT2D eigenvalue weighted by molar-refractivity contribution is -0.158. The van der Waals surface area contributed by atoms with Crippen LogP contribution in [0.5, 0.6) is 5.75 Å². The highest BCUT2D eigenvalue weighted by atomic mass is 35.5. The molecule has 0 aliphatic carbocycles. The molecule has 2 N–H and O–H groups in total. The zero-order chi connectivity index (χ0) is 36.3. The minimum atomic E-state index is -1.78. The molecule has 9 unspecified atom stereocenters. The van der Waals surface area contributed by atoms with Crippen LogP contribution in [0.1, 0.15) is 72.3 Å². The van der Waals surface area contributed by atoms with Gasteiger partial charge in [0, 0.05) is 26.5 Å². The van der Waals surface area contributed by atoms with Crippen molar-refractivity contribution < 1.29 is 43.2 Å². The predicted octanol–water partition coefficient (Wildman–Crippen LogP) is 5.79. The number of hydrogen-bond donors (Lipinski definition) is 3. The van der Waals surface area contributed by atoms with E-state index >= 15 is 0 Å². The van der Waals surface area contributed by atoms with E-state index in [4.69, 9.17) is 35.3 Å². The number of esters is 1. The van der Waals surface area contributed by atoms with Crippen molar-refractivity contribution in [2.24, 2.45) is 11.8 Å². The van der Waals surface area contributed by atoms with E-state index in [0.717, 1.165) is 24.0 Å². The monoisotopic (exact) mass is 722 g/mol. The number of ether oxygens (including phenoxy) is 5. The van der Waals surface area contributed by atoms with Crippen LogP contribution >= 0.6 is 24.2 Å². The SMILES string of the molecule is COc1cc2cc(c1Cl)N(C)C(=O)CC(OC(=O)C(C)CCCC(C)S)C1(C)OC1C(C)C1CC(O)(NC(=O)O1)C(OC)C=CC=C(C)C2. The molecule has 0 aromatic heterocycles. The molecular weight excluding hydrogens is 672 g/mol. The van der Waals surface area contributed by atoms with Crippen LogP contribution < -0.4 is 15.0 Å². The summed E-state index contributed by atoms with van der Waals surface area (Å²) in [6, 6.07) is 3.65. The smallest absolute Gasteiger partial charge is 0.409 e. The van der Waals surface area contributed by atoms with Gasteiger partial charge in [0.05, 0.1) is 31.2 Å². The number of alkyl carbamates (subject to hydrolysis) is 1. The molecule has 3 aliphatic rings. The number of thiol groups is 1. The normalized spacial score (nSPS) is 31.9. The van der Waals surface area contributed by atoms with Gasteiger partial charge in [0.15, 0.2) is 5.72 Å². The summed E-state index contributed by atoms with van der Waals surface area (Å²) in [5.74, 6) is -1.24. The van der Waals surface area contributed by atoms with Crippen LogP contribution in [0.15, 0.2) is 35.9 Å². The number of fused-ring (bicyclic) bond motifs is 5. The number of aliphatic hydroxyl groups is 1. The van der Waals surface area contributed by atoms with Crippen LogP contribution in [0, 0.1) is 11.8 Å². The van der Waals surface area contributed by atoms with Crippen molar-refractivity contribution in [2.45, 2.75) is 114 Å². The van der Waals surface area contributed by atoms with Crippen molar-refractivity contribution in [3.63, 3.8) is 0 Å². The van der Waals surface area contributed by atoms with Crippen LogP contribution in [0.2, 0.25) is 5.02 Å². The van der Waals surface area contributed by atoms with E-state index in [-0.39, 0.29) is 29.0 Å². The quantitative estimate of drug-likeness (QED) is 0.173. The molecule has 2 saturated heterocycles. The zero-order valence-electron chi connectivity index (χ0n) is 29.7. The first-order chi connectivity index (χ1) is 23.0. The molecule has 4 bridgehead atoms. The molecule has 0 spiro atoms. The lowest BCUT2D eigenvalue weighted by atomic mass is 9.83. The summed E-state index contributed by atoms with van der Waals surface area (Å²) in [5, 5.41) is 14.7. The van der Waals surface area contributed by atoms with Crippen molar-refractivity contribution in [1.29, 1.82) is 0 Å². The molecule has 49 heavy (non-hydrogen) atoms. The van der Waals surface area contributed by atoms with Gasteiger partial charge in [-0.2, -0.15) is 12.6 Å². The van der Waals surface area contributed by atoms with Gasteiger partial charge in [-0.15, -0.1) is 0 Å². The summed E-state index contributed by atoms with van der Waals surface area (Å²) in [6.07, 6.45) is 3.86. The Bertz CT molecular complexity index is 1450. The van der Waals surface area contributed by atoms with E-state index in [1.807, 2.05) is 45.9 Å². The van der Waals surface area contributed by atoms with Gasteiger partial charge in [0.2, 0.25) is 5.91 Å². The molecule has 9 atom stereocenters. The number of benzene rings is 1. The molecule has 2 amide bonds. The Labute approximate surface area is 300 Å². The summed E-state index contributed by atoms with van der Waals surface area (Å²) in [4.78, 5) is 41.7. The number of nitrogens with one attached hydrogen (secondary N) is 1. The Morgan fingerprint density at radius 3 is 2.61 bits per heavy atom. The Balaban J connectivity index is 1.75. The van der Waals surface area contributed by atoms with Crippen LogP contribution in [0.25, 0.3) is 0 Å². The molecule has 11 nitrogen and oxygen atoms in total. The molecule has 2 fully saturated rings. The largest absolute Gasteiger partial charge is 0.495 e. The zero-order valence-corrected chi connectivity index (χ0v) is 31.3. The minimum absolute atomic E-state index is 0.00174. The second-order valence-electron chi connectivity index (χ2n) is 13.9. The van der Waals surface area contributed by atoms with Crippen LogP contribution in [0.3, 0.4) is 0 Å². The van der Waals surface area contributed by atoms with Gasteiger partial charge in [-0.25, -0.2) is 4.79 Å². The van der Waals surface area contributed by atoms with E-state index < -0.39 is 59.6 Å². The third kappa shape index (κ3) is 9.13. The molecule has 3 aliphatic heterocycles. The molecular formula is C36H51ClN2O9S. The van der Waals surface area contributed by atoms with Crippen LogP contribution in [-0.2, 0) is 35.0 Å². The number of halogens is 1. The summed E-state index contributed by atoms with van der Waals surface area (Å²) >= 11 is 11.2. The number of amides is 2. The summed E-state index contributed by atoms with van der Waals surface area (Å²) in [7, 11) is 4.59. The molecule has 1 aromatic rings. The topological polar surface area (TPSA) is 136 Å². The first-order valence-corrected chi connectivity index (χ1v) is 17.7. The maximum Gasteiger partial charge on any atom is 0.409 e. The van der Waals surface area contributed by atoms with Crippen molar-refractivity contribution in [1.82, 2.24) is 5.32 Å². The minimum Gasteiger partial charge on any atom is -0.495 e. The highest BCUT2D eigenvalue weighted by molar-refractivity contribution is 7.80. The van der Waals surface area contributed by atoms with Gasteiger partial charge < -0.3 is 33.7 Å². The number of anilines is 1. The summed E-state index contributed by atoms with van der Waals surface area (Å²) in [5.41, 5.74) is -0.622. The standard InChI is InChI=1S/C36H51ClN2O9S/c1-20-11-9-14-28(45-8)36(43)19-27(46-34(42)38-36)23(4)32-35(5,48-32)29(47-33(41)21(2)12-10-13-22(3)49)18-30(40)39(6)25-16-24(15-20)17-26(44-7)31(25)37/h9,11,14,16-17,21-23,27-29,32,43,49H,10,12-13,15,18-19H2,1-8H3,(H,38,42). The van der Waals surface area contributed by atoms with E-state index in [1.165, 1.54) is 19.1 Å². The van der Waals surface area contributed by atoms with E-state index in [2.05, 4.69) is 17.9 Å². The predicted molar refractivity (Wildman–Crippen MR) is 190 cm³/mol. The first kappa shape index (κ1) is 39.0. The Morgan fingerprint density at radius 1 is 1.24 bits per heavy atom. The molecule has 272 valence electrons. The van der Waals surface area contributed by atoms with Crippen molar-refractivity contribution in [3.8, 4) is 5.75 Å². The lowest BCUT2D eigenvalue weighted by Gasteiger charge is -2.42. The van der Waals surface area contributed by atoms with Gasteiger partial charge in [-0.05, 0) is 56.1 Å². The van der Waals surface area contributed by atoms with E-state index in [1.54, 1.807) is 26.1 Å². The average Bonchev–Trinajstić information content (AvgIpc) is 3.73. The fraction of sp³-hybridized carbons (Fsp3) is 0.639. The highest BCUT2D eigenvalue weighted by Crippen LogP contribution is 2.49. The third-order valence-corrected chi connectivity index (χ3v) is 10.5. The number of nitrogens with zero attached hydrogens (tertiary/aromatic N) is 1. The number of methoxy groups -OCH3 is 2. The molecule has 0 saturated carbocycles. The molecule has 0 radical (unpaired) electrons. The van der Waals surface area contributed by atoms with Crippen molar-refractivity contribution >= 4 is 47.9 Å². The number of rotatable bonds is 8. The second-order valence-corrected chi connectivity index (χ2v) is 15.2. The maximum atomic E-state index is 14.0. The molecule has 1 aromatic carbocycles. The Hall–Kier alpha value is -2.77. The summed E-state index contributed by atoms with van der Waals surface area (Å²) in [6.45, 7) is 9.39. The Kier molecular flexibility index (Phi) is 12.8. The van der Waals surface area contributed by atoms with Gasteiger partial charge in [0.1, 0.15) is 34.7 Å². The van der Waals surface area contributed by atoms with E-state index in [0.29, 0.717) is 24.3 Å².